The van der Waals surface area contributed by atoms with Gasteiger partial charge in [0.25, 0.3) is 0 Å². The molecule has 0 spiro atoms. The van der Waals surface area contributed by atoms with Crippen LogP contribution < -0.4 is 11.1 Å². The number of anilines is 1. The molecule has 0 saturated heterocycles. The Morgan fingerprint density at radius 3 is 2.60 bits per heavy atom. The number of amides is 1. The summed E-state index contributed by atoms with van der Waals surface area (Å²) in [6, 6.07) is 5.21. The second kappa shape index (κ2) is 5.25. The molecule has 5 nitrogen and oxygen atoms in total. The SMILES string of the molecule is COC(=O)c1cc(C)ccc1NC(=O)C(C)(N)C1CC1. The lowest BCUT2D eigenvalue weighted by molar-refractivity contribution is -0.121. The van der Waals surface area contributed by atoms with Gasteiger partial charge in [-0.05, 0) is 44.7 Å². The molecule has 0 aromatic heterocycles. The van der Waals surface area contributed by atoms with Crippen molar-refractivity contribution in [3.05, 3.63) is 29.3 Å². The molecule has 1 aliphatic carbocycles. The molecule has 5 heteroatoms. The van der Waals surface area contributed by atoms with Crippen molar-refractivity contribution in [1.82, 2.24) is 0 Å². The first-order chi connectivity index (χ1) is 9.36. The topological polar surface area (TPSA) is 81.4 Å². The average molecular weight is 276 g/mol. The molecular weight excluding hydrogens is 256 g/mol. The van der Waals surface area contributed by atoms with Gasteiger partial charge in [-0.2, -0.15) is 0 Å². The maximum atomic E-state index is 12.3. The average Bonchev–Trinajstić information content (AvgIpc) is 3.24. The first-order valence-corrected chi connectivity index (χ1v) is 6.65. The number of carbonyl (C=O) groups excluding carboxylic acids is 2. The standard InChI is InChI=1S/C15H20N2O3/c1-9-4-7-12(11(8-9)13(18)20-3)17-14(19)15(2,16)10-5-6-10/h4,7-8,10H,5-6,16H2,1-3H3,(H,17,19). The van der Waals surface area contributed by atoms with Crippen LogP contribution in [-0.4, -0.2) is 24.5 Å². The Hall–Kier alpha value is -1.88. The van der Waals surface area contributed by atoms with E-state index < -0.39 is 11.5 Å². The van der Waals surface area contributed by atoms with Crippen LogP contribution in [0.15, 0.2) is 18.2 Å². The Bertz CT molecular complexity index is 548. The summed E-state index contributed by atoms with van der Waals surface area (Å²) in [5.41, 5.74) is 6.86. The number of ether oxygens (including phenoxy) is 1. The van der Waals surface area contributed by atoms with Crippen molar-refractivity contribution in [3.63, 3.8) is 0 Å². The summed E-state index contributed by atoms with van der Waals surface area (Å²) in [4.78, 5) is 24.0. The second-order valence-electron chi connectivity index (χ2n) is 5.55. The smallest absolute Gasteiger partial charge is 0.339 e. The third kappa shape index (κ3) is 2.82. The van der Waals surface area contributed by atoms with Gasteiger partial charge in [-0.3, -0.25) is 4.79 Å². The van der Waals surface area contributed by atoms with Crippen LogP contribution in [0.5, 0.6) is 0 Å². The predicted molar refractivity (Wildman–Crippen MR) is 76.5 cm³/mol. The molecule has 1 fully saturated rings. The summed E-state index contributed by atoms with van der Waals surface area (Å²) in [6.07, 6.45) is 1.94. The summed E-state index contributed by atoms with van der Waals surface area (Å²) in [5.74, 6) is -0.530. The molecule has 1 atom stereocenters. The number of esters is 1. The molecule has 1 unspecified atom stereocenters. The van der Waals surface area contributed by atoms with Crippen LogP contribution in [0, 0.1) is 12.8 Å². The summed E-state index contributed by atoms with van der Waals surface area (Å²) in [7, 11) is 1.31. The zero-order chi connectivity index (χ0) is 14.9. The number of benzene rings is 1. The van der Waals surface area contributed by atoms with Crippen LogP contribution >= 0.6 is 0 Å². The number of rotatable bonds is 4. The number of hydrogen-bond donors (Lipinski definition) is 2. The monoisotopic (exact) mass is 276 g/mol. The van der Waals surface area contributed by atoms with E-state index in [-0.39, 0.29) is 11.8 Å². The highest BCUT2D eigenvalue weighted by molar-refractivity contribution is 6.04. The Balaban J connectivity index is 2.24. The highest BCUT2D eigenvalue weighted by Gasteiger charge is 2.44. The van der Waals surface area contributed by atoms with Crippen LogP contribution in [0.25, 0.3) is 0 Å². The lowest BCUT2D eigenvalue weighted by Gasteiger charge is -2.23. The number of methoxy groups -OCH3 is 1. The molecule has 20 heavy (non-hydrogen) atoms. The zero-order valence-corrected chi connectivity index (χ0v) is 12.0. The van der Waals surface area contributed by atoms with Crippen molar-refractivity contribution >= 4 is 17.6 Å². The van der Waals surface area contributed by atoms with Crippen molar-refractivity contribution in [2.75, 3.05) is 12.4 Å². The molecule has 1 aliphatic rings. The van der Waals surface area contributed by atoms with Crippen LogP contribution in [0.2, 0.25) is 0 Å². The van der Waals surface area contributed by atoms with Gasteiger partial charge in [0.15, 0.2) is 0 Å². The quantitative estimate of drug-likeness (QED) is 0.822. The van der Waals surface area contributed by atoms with Crippen LogP contribution in [0.3, 0.4) is 0 Å². The molecule has 108 valence electrons. The minimum atomic E-state index is -0.904. The third-order valence-corrected chi connectivity index (χ3v) is 3.74. The zero-order valence-electron chi connectivity index (χ0n) is 12.0. The highest BCUT2D eigenvalue weighted by atomic mass is 16.5. The van der Waals surface area contributed by atoms with Gasteiger partial charge in [-0.1, -0.05) is 11.6 Å². The van der Waals surface area contributed by atoms with E-state index in [1.165, 1.54) is 7.11 Å². The maximum absolute atomic E-state index is 12.3. The van der Waals surface area contributed by atoms with Crippen LogP contribution in [0.1, 0.15) is 35.7 Å². The molecule has 1 saturated carbocycles. The lowest BCUT2D eigenvalue weighted by atomic mass is 9.96. The Morgan fingerprint density at radius 2 is 2.05 bits per heavy atom. The molecular formula is C15H20N2O3. The van der Waals surface area contributed by atoms with E-state index >= 15 is 0 Å². The van der Waals surface area contributed by atoms with Gasteiger partial charge in [-0.15, -0.1) is 0 Å². The minimum absolute atomic E-state index is 0.217. The third-order valence-electron chi connectivity index (χ3n) is 3.74. The van der Waals surface area contributed by atoms with E-state index in [0.29, 0.717) is 11.3 Å². The number of nitrogens with one attached hydrogen (secondary N) is 1. The molecule has 0 radical (unpaired) electrons. The number of hydrogen-bond acceptors (Lipinski definition) is 4. The lowest BCUT2D eigenvalue weighted by Crippen LogP contribution is -2.50. The molecule has 2 rings (SSSR count). The molecule has 0 heterocycles. The van der Waals surface area contributed by atoms with Crippen LogP contribution in [-0.2, 0) is 9.53 Å². The van der Waals surface area contributed by atoms with E-state index in [1.54, 1.807) is 19.1 Å². The van der Waals surface area contributed by atoms with E-state index in [2.05, 4.69) is 5.32 Å². The minimum Gasteiger partial charge on any atom is -0.465 e. The number of carbonyl (C=O) groups is 2. The molecule has 1 aromatic carbocycles. The fourth-order valence-electron chi connectivity index (χ4n) is 2.17. The first-order valence-electron chi connectivity index (χ1n) is 6.65. The second-order valence-corrected chi connectivity index (χ2v) is 5.55. The van der Waals surface area contributed by atoms with Gasteiger partial charge in [-0.25, -0.2) is 4.79 Å². The Labute approximate surface area is 118 Å². The molecule has 1 aromatic rings. The molecule has 1 amide bonds. The van der Waals surface area contributed by atoms with E-state index in [4.69, 9.17) is 10.5 Å². The van der Waals surface area contributed by atoms with Crippen molar-refractivity contribution in [2.45, 2.75) is 32.2 Å². The van der Waals surface area contributed by atoms with E-state index in [1.807, 2.05) is 13.0 Å². The van der Waals surface area contributed by atoms with Crippen LogP contribution in [0.4, 0.5) is 5.69 Å². The number of aryl methyl sites for hydroxylation is 1. The summed E-state index contributed by atoms with van der Waals surface area (Å²) in [5, 5.41) is 2.75. The number of nitrogens with two attached hydrogens (primary N) is 1. The van der Waals surface area contributed by atoms with Gasteiger partial charge >= 0.3 is 5.97 Å². The fraction of sp³-hybridized carbons (Fsp3) is 0.467. The normalized spacial score (nSPS) is 17.2. The Kier molecular flexibility index (Phi) is 3.81. The van der Waals surface area contributed by atoms with Gasteiger partial charge in [0, 0.05) is 0 Å². The van der Waals surface area contributed by atoms with Crippen molar-refractivity contribution in [3.8, 4) is 0 Å². The summed E-state index contributed by atoms with van der Waals surface area (Å²) < 4.78 is 4.74. The highest BCUT2D eigenvalue weighted by Crippen LogP contribution is 2.38. The molecule has 0 bridgehead atoms. The molecule has 3 N–H and O–H groups in total. The van der Waals surface area contributed by atoms with Crippen molar-refractivity contribution in [2.24, 2.45) is 11.7 Å². The summed E-state index contributed by atoms with van der Waals surface area (Å²) >= 11 is 0. The van der Waals surface area contributed by atoms with E-state index in [0.717, 1.165) is 18.4 Å². The summed E-state index contributed by atoms with van der Waals surface area (Å²) in [6.45, 7) is 3.60. The van der Waals surface area contributed by atoms with Gasteiger partial charge in [0.05, 0.1) is 23.9 Å². The molecule has 0 aliphatic heterocycles. The van der Waals surface area contributed by atoms with Gasteiger partial charge in [0.2, 0.25) is 5.91 Å². The van der Waals surface area contributed by atoms with E-state index in [9.17, 15) is 9.59 Å². The van der Waals surface area contributed by atoms with Crippen molar-refractivity contribution in [1.29, 1.82) is 0 Å². The predicted octanol–water partition coefficient (Wildman–Crippen LogP) is 1.85. The largest absolute Gasteiger partial charge is 0.465 e. The van der Waals surface area contributed by atoms with Crippen molar-refractivity contribution < 1.29 is 14.3 Å². The fourth-order valence-corrected chi connectivity index (χ4v) is 2.17. The van der Waals surface area contributed by atoms with Gasteiger partial charge < -0.3 is 15.8 Å². The maximum Gasteiger partial charge on any atom is 0.339 e. The first kappa shape index (κ1) is 14.5. The van der Waals surface area contributed by atoms with Gasteiger partial charge in [0.1, 0.15) is 0 Å². The Morgan fingerprint density at radius 1 is 1.40 bits per heavy atom.